The summed E-state index contributed by atoms with van der Waals surface area (Å²) in [6.07, 6.45) is 4.67. The second kappa shape index (κ2) is 6.04. The lowest BCUT2D eigenvalue weighted by molar-refractivity contribution is -0.128. The first-order valence-electron chi connectivity index (χ1n) is 9.01. The van der Waals surface area contributed by atoms with Gasteiger partial charge in [-0.3, -0.25) is 9.35 Å². The molecule has 2 saturated carbocycles. The third-order valence-electron chi connectivity index (χ3n) is 7.27. The standard InChI is InChI=1S/C10H16O4S.C7H14N2/c1-9(2)7-3-4-10(9,8(11)5-7)6-15(12,13)14;8-7-5-9-3-1-6(7)2-4-9/h7H,3-6H2,1-2H3,(H,12,13,14);6-7H,1-5,8H2. The van der Waals surface area contributed by atoms with Crippen LogP contribution in [-0.4, -0.2) is 55.1 Å². The van der Waals surface area contributed by atoms with Crippen LogP contribution in [0.4, 0.5) is 0 Å². The lowest BCUT2D eigenvalue weighted by atomic mass is 9.70. The Morgan fingerprint density at radius 1 is 1.25 bits per heavy atom. The molecule has 3 aliphatic heterocycles. The molecule has 4 bridgehead atoms. The number of carbonyl (C=O) groups excluding carboxylic acids is 1. The van der Waals surface area contributed by atoms with Crippen molar-refractivity contribution < 1.29 is 17.8 Å². The van der Waals surface area contributed by atoms with Gasteiger partial charge >= 0.3 is 0 Å². The average Bonchev–Trinajstić information content (AvgIpc) is 2.81. The molecule has 3 saturated heterocycles. The first-order valence-corrected chi connectivity index (χ1v) is 10.6. The lowest BCUT2D eigenvalue weighted by Crippen LogP contribution is -2.54. The van der Waals surface area contributed by atoms with Gasteiger partial charge in [-0.1, -0.05) is 13.8 Å². The molecule has 3 N–H and O–H groups in total. The molecule has 3 atom stereocenters. The van der Waals surface area contributed by atoms with E-state index in [0.717, 1.165) is 18.9 Å². The summed E-state index contributed by atoms with van der Waals surface area (Å²) < 4.78 is 31.0. The fourth-order valence-corrected chi connectivity index (χ4v) is 6.73. The first kappa shape index (κ1) is 18.3. The van der Waals surface area contributed by atoms with Crippen LogP contribution in [0, 0.1) is 22.7 Å². The van der Waals surface area contributed by atoms with E-state index in [2.05, 4.69) is 4.90 Å². The summed E-state index contributed by atoms with van der Waals surface area (Å²) in [4.78, 5) is 14.4. The summed E-state index contributed by atoms with van der Waals surface area (Å²) in [6, 6.07) is 0.493. The van der Waals surface area contributed by atoms with Crippen LogP contribution in [0.1, 0.15) is 46.0 Å². The van der Waals surface area contributed by atoms with E-state index in [4.69, 9.17) is 10.3 Å². The van der Waals surface area contributed by atoms with Crippen molar-refractivity contribution in [1.29, 1.82) is 0 Å². The topological polar surface area (TPSA) is 101 Å². The van der Waals surface area contributed by atoms with E-state index in [-0.39, 0.29) is 17.1 Å². The second-order valence-corrected chi connectivity index (χ2v) is 10.1. The fourth-order valence-electron chi connectivity index (χ4n) is 5.43. The van der Waals surface area contributed by atoms with Gasteiger partial charge in [0.2, 0.25) is 0 Å². The van der Waals surface area contributed by atoms with Gasteiger partial charge in [0.25, 0.3) is 10.1 Å². The number of rotatable bonds is 2. The van der Waals surface area contributed by atoms with Crippen molar-refractivity contribution in [3.63, 3.8) is 0 Å². The van der Waals surface area contributed by atoms with Crippen LogP contribution in [0.25, 0.3) is 0 Å². The zero-order valence-corrected chi connectivity index (χ0v) is 15.5. The van der Waals surface area contributed by atoms with E-state index in [1.54, 1.807) is 0 Å². The van der Waals surface area contributed by atoms with Gasteiger partial charge in [0.1, 0.15) is 5.78 Å². The molecule has 138 valence electrons. The predicted molar refractivity (Wildman–Crippen MR) is 92.1 cm³/mol. The van der Waals surface area contributed by atoms with Crippen LogP contribution in [0.5, 0.6) is 0 Å². The van der Waals surface area contributed by atoms with Gasteiger partial charge < -0.3 is 10.6 Å². The molecular formula is C17H30N2O4S. The van der Waals surface area contributed by atoms with E-state index in [1.165, 1.54) is 25.9 Å². The molecule has 7 heteroatoms. The van der Waals surface area contributed by atoms with E-state index >= 15 is 0 Å². The molecule has 0 aromatic carbocycles. The van der Waals surface area contributed by atoms with Crippen molar-refractivity contribution in [3.05, 3.63) is 0 Å². The third kappa shape index (κ3) is 3.04. The van der Waals surface area contributed by atoms with Gasteiger partial charge in [-0.2, -0.15) is 8.42 Å². The summed E-state index contributed by atoms with van der Waals surface area (Å²) in [5.41, 5.74) is 4.76. The second-order valence-electron chi connectivity index (χ2n) is 8.69. The van der Waals surface area contributed by atoms with Gasteiger partial charge in [0.05, 0.1) is 11.2 Å². The zero-order chi connectivity index (χ0) is 17.8. The highest BCUT2D eigenvalue weighted by Crippen LogP contribution is 2.64. The number of hydrogen-bond acceptors (Lipinski definition) is 5. The Bertz CT molecular complexity index is 610. The van der Waals surface area contributed by atoms with Crippen molar-refractivity contribution in [2.75, 3.05) is 25.4 Å². The number of hydrogen-bond donors (Lipinski definition) is 2. The highest BCUT2D eigenvalue weighted by molar-refractivity contribution is 7.85. The third-order valence-corrected chi connectivity index (χ3v) is 8.13. The number of piperidine rings is 3. The Kier molecular flexibility index (Phi) is 4.60. The number of ketones is 1. The summed E-state index contributed by atoms with van der Waals surface area (Å²) in [6.45, 7) is 7.66. The quantitative estimate of drug-likeness (QED) is 0.722. The highest BCUT2D eigenvalue weighted by Gasteiger charge is 2.65. The Labute approximate surface area is 144 Å². The summed E-state index contributed by atoms with van der Waals surface area (Å²) >= 11 is 0. The molecule has 3 unspecified atom stereocenters. The van der Waals surface area contributed by atoms with Crippen LogP contribution in [-0.2, 0) is 14.9 Å². The Morgan fingerprint density at radius 2 is 1.88 bits per heavy atom. The van der Waals surface area contributed by atoms with Crippen molar-refractivity contribution in [3.8, 4) is 0 Å². The van der Waals surface area contributed by atoms with Crippen LogP contribution in [0.15, 0.2) is 0 Å². The summed E-state index contributed by atoms with van der Waals surface area (Å²) in [5, 5.41) is 0. The van der Waals surface area contributed by atoms with Gasteiger partial charge in [-0.05, 0) is 56.0 Å². The molecule has 2 aliphatic carbocycles. The normalized spacial score (nSPS) is 42.8. The molecule has 5 rings (SSSR count). The molecule has 5 aliphatic rings. The fraction of sp³-hybridized carbons (Fsp3) is 0.941. The van der Waals surface area contributed by atoms with Gasteiger partial charge in [0.15, 0.2) is 0 Å². The first-order chi connectivity index (χ1) is 11.1. The number of nitrogens with two attached hydrogens (primary N) is 1. The number of Topliss-reactive ketones (excluding diaryl/α,β-unsaturated/α-hetero) is 1. The van der Waals surface area contributed by atoms with Gasteiger partial charge in [0, 0.05) is 19.0 Å². The summed E-state index contributed by atoms with van der Waals surface area (Å²) in [5.74, 6) is 0.755. The monoisotopic (exact) mass is 358 g/mol. The van der Waals surface area contributed by atoms with E-state index < -0.39 is 21.3 Å². The molecule has 0 aromatic heterocycles. The van der Waals surface area contributed by atoms with Crippen LogP contribution in [0.2, 0.25) is 0 Å². The van der Waals surface area contributed by atoms with Crippen molar-refractivity contribution in [2.45, 2.75) is 52.0 Å². The average molecular weight is 359 g/mol. The predicted octanol–water partition coefficient (Wildman–Crippen LogP) is 1.31. The van der Waals surface area contributed by atoms with Gasteiger partial charge in [-0.25, -0.2) is 0 Å². The van der Waals surface area contributed by atoms with E-state index in [1.807, 2.05) is 13.8 Å². The van der Waals surface area contributed by atoms with Crippen molar-refractivity contribution in [2.24, 2.45) is 28.4 Å². The van der Waals surface area contributed by atoms with E-state index in [0.29, 0.717) is 18.9 Å². The minimum absolute atomic E-state index is 0.0152. The Morgan fingerprint density at radius 3 is 2.17 bits per heavy atom. The highest BCUT2D eigenvalue weighted by atomic mass is 32.2. The van der Waals surface area contributed by atoms with Crippen LogP contribution in [0.3, 0.4) is 0 Å². The maximum absolute atomic E-state index is 11.9. The van der Waals surface area contributed by atoms with Gasteiger partial charge in [-0.15, -0.1) is 0 Å². The molecule has 0 spiro atoms. The van der Waals surface area contributed by atoms with Crippen molar-refractivity contribution >= 4 is 15.9 Å². The number of fused-ring (bicyclic) bond motifs is 5. The molecule has 5 fully saturated rings. The smallest absolute Gasteiger partial charge is 0.265 e. The molecule has 0 amide bonds. The molecule has 6 nitrogen and oxygen atoms in total. The summed E-state index contributed by atoms with van der Waals surface area (Å²) in [7, 11) is -4.08. The maximum atomic E-state index is 11.9. The molecule has 0 radical (unpaired) electrons. The number of carbonyl (C=O) groups is 1. The maximum Gasteiger partial charge on any atom is 0.265 e. The minimum Gasteiger partial charge on any atom is -0.326 e. The zero-order valence-electron chi connectivity index (χ0n) is 14.7. The lowest BCUT2D eigenvalue weighted by Gasteiger charge is -2.43. The minimum atomic E-state index is -4.08. The van der Waals surface area contributed by atoms with Crippen molar-refractivity contribution in [1.82, 2.24) is 4.90 Å². The van der Waals surface area contributed by atoms with Crippen LogP contribution >= 0.6 is 0 Å². The van der Waals surface area contributed by atoms with Crippen LogP contribution < -0.4 is 5.73 Å². The molecule has 3 heterocycles. The molecule has 0 aromatic rings. The molecule has 24 heavy (non-hydrogen) atoms. The Balaban J connectivity index is 0.000000159. The molecular weight excluding hydrogens is 328 g/mol. The number of nitrogens with zero attached hydrogens (tertiary/aromatic N) is 1. The Hall–Kier alpha value is -0.500. The SMILES string of the molecule is CC1(C)C2CCC1(CS(=O)(=O)O)C(=O)C2.NC1CN2CCC1CC2. The largest absolute Gasteiger partial charge is 0.326 e. The van der Waals surface area contributed by atoms with E-state index in [9.17, 15) is 13.2 Å².